The second-order valence-electron chi connectivity index (χ2n) is 4.82. The fraction of sp³-hybridized carbons (Fsp3) is 0.429. The third-order valence-corrected chi connectivity index (χ3v) is 4.10. The van der Waals surface area contributed by atoms with Crippen molar-refractivity contribution in [2.45, 2.75) is 13.0 Å². The third-order valence-electron chi connectivity index (χ3n) is 3.41. The average molecular weight is 340 g/mol. The lowest BCUT2D eigenvalue weighted by atomic mass is 10.1. The minimum atomic E-state index is -0.464. The van der Waals surface area contributed by atoms with Crippen molar-refractivity contribution in [1.82, 2.24) is 15.5 Å². The summed E-state index contributed by atoms with van der Waals surface area (Å²) in [5, 5.41) is 5.76. The number of rotatable bonds is 2. The van der Waals surface area contributed by atoms with Gasteiger partial charge in [0.15, 0.2) is 0 Å². The van der Waals surface area contributed by atoms with E-state index in [0.717, 1.165) is 10.0 Å². The molecule has 1 aromatic rings. The quantitative estimate of drug-likeness (QED) is 0.842. The van der Waals surface area contributed by atoms with Crippen LogP contribution in [0.4, 0.5) is 0 Å². The fourth-order valence-electron chi connectivity index (χ4n) is 2.31. The van der Waals surface area contributed by atoms with Crippen molar-refractivity contribution in [3.63, 3.8) is 0 Å². The van der Waals surface area contributed by atoms with E-state index in [4.69, 9.17) is 0 Å². The number of likely N-dealkylation sites (N-methyl/N-ethyl adjacent to an activating group) is 1. The maximum atomic E-state index is 12.7. The van der Waals surface area contributed by atoms with Gasteiger partial charge in [-0.05, 0) is 35.0 Å². The van der Waals surface area contributed by atoms with E-state index < -0.39 is 6.04 Å². The summed E-state index contributed by atoms with van der Waals surface area (Å²) in [7, 11) is 1.59. The third kappa shape index (κ3) is 3.02. The van der Waals surface area contributed by atoms with Gasteiger partial charge in [-0.15, -0.1) is 0 Å². The minimum Gasteiger partial charge on any atom is -0.357 e. The smallest absolute Gasteiger partial charge is 0.255 e. The van der Waals surface area contributed by atoms with E-state index in [0.29, 0.717) is 25.2 Å². The Morgan fingerprint density at radius 1 is 1.45 bits per heavy atom. The second kappa shape index (κ2) is 6.37. The molecule has 6 heteroatoms. The number of benzene rings is 1. The van der Waals surface area contributed by atoms with Gasteiger partial charge >= 0.3 is 0 Å². The molecular weight excluding hydrogens is 322 g/mol. The molecule has 0 aromatic heterocycles. The summed E-state index contributed by atoms with van der Waals surface area (Å²) in [6.45, 7) is 3.64. The van der Waals surface area contributed by atoms with Crippen LogP contribution in [0.25, 0.3) is 0 Å². The molecule has 1 heterocycles. The highest BCUT2D eigenvalue weighted by Gasteiger charge is 2.32. The van der Waals surface area contributed by atoms with Crippen molar-refractivity contribution in [1.29, 1.82) is 0 Å². The van der Waals surface area contributed by atoms with Gasteiger partial charge in [-0.1, -0.05) is 11.6 Å². The molecule has 1 aliphatic heterocycles. The Morgan fingerprint density at radius 2 is 2.20 bits per heavy atom. The Hall–Kier alpha value is -1.40. The Balaban J connectivity index is 2.30. The SMILES string of the molecule is CNC(=O)C1CNCCN1C(=O)c1cc(C)ccc1Br. The lowest BCUT2D eigenvalue weighted by molar-refractivity contribution is -0.125. The first kappa shape index (κ1) is 15.0. The Labute approximate surface area is 126 Å². The average Bonchev–Trinajstić information content (AvgIpc) is 2.48. The molecule has 0 radical (unpaired) electrons. The zero-order chi connectivity index (χ0) is 14.7. The summed E-state index contributed by atoms with van der Waals surface area (Å²) in [5.41, 5.74) is 1.61. The van der Waals surface area contributed by atoms with Crippen LogP contribution in [0.1, 0.15) is 15.9 Å². The van der Waals surface area contributed by atoms with Gasteiger partial charge in [0.25, 0.3) is 5.91 Å². The van der Waals surface area contributed by atoms with Crippen molar-refractivity contribution < 1.29 is 9.59 Å². The topological polar surface area (TPSA) is 61.4 Å². The van der Waals surface area contributed by atoms with Gasteiger partial charge in [-0.25, -0.2) is 0 Å². The summed E-state index contributed by atoms with van der Waals surface area (Å²) in [6, 6.07) is 5.18. The molecule has 1 aliphatic rings. The molecule has 108 valence electrons. The summed E-state index contributed by atoms with van der Waals surface area (Å²) < 4.78 is 0.752. The van der Waals surface area contributed by atoms with E-state index in [-0.39, 0.29) is 11.8 Å². The molecule has 0 spiro atoms. The van der Waals surface area contributed by atoms with Crippen molar-refractivity contribution in [2.75, 3.05) is 26.7 Å². The van der Waals surface area contributed by atoms with Gasteiger partial charge in [-0.3, -0.25) is 9.59 Å². The van der Waals surface area contributed by atoms with Crippen LogP contribution < -0.4 is 10.6 Å². The number of hydrogen-bond acceptors (Lipinski definition) is 3. The molecule has 1 atom stereocenters. The monoisotopic (exact) mass is 339 g/mol. The molecule has 20 heavy (non-hydrogen) atoms. The molecular formula is C14H18BrN3O2. The predicted octanol–water partition coefficient (Wildman–Crippen LogP) is 0.918. The minimum absolute atomic E-state index is 0.115. The number of hydrogen-bond donors (Lipinski definition) is 2. The van der Waals surface area contributed by atoms with Crippen molar-refractivity contribution in [3.05, 3.63) is 33.8 Å². The van der Waals surface area contributed by atoms with E-state index in [1.165, 1.54) is 0 Å². The van der Waals surface area contributed by atoms with Gasteiger partial charge in [0.05, 0.1) is 5.56 Å². The van der Waals surface area contributed by atoms with Crippen LogP contribution in [-0.2, 0) is 4.79 Å². The van der Waals surface area contributed by atoms with Gasteiger partial charge in [0.1, 0.15) is 6.04 Å². The van der Waals surface area contributed by atoms with Crippen LogP contribution in [0.15, 0.2) is 22.7 Å². The van der Waals surface area contributed by atoms with Gasteiger partial charge < -0.3 is 15.5 Å². The molecule has 0 bridgehead atoms. The van der Waals surface area contributed by atoms with E-state index in [1.54, 1.807) is 11.9 Å². The molecule has 1 unspecified atom stereocenters. The van der Waals surface area contributed by atoms with Gasteiger partial charge in [0.2, 0.25) is 5.91 Å². The first-order valence-electron chi connectivity index (χ1n) is 6.54. The molecule has 1 aromatic carbocycles. The van der Waals surface area contributed by atoms with Crippen molar-refractivity contribution in [2.24, 2.45) is 0 Å². The lowest BCUT2D eigenvalue weighted by Crippen LogP contribution is -2.59. The number of nitrogens with one attached hydrogen (secondary N) is 2. The van der Waals surface area contributed by atoms with Crippen LogP contribution in [0.5, 0.6) is 0 Å². The van der Waals surface area contributed by atoms with Gasteiger partial charge in [-0.2, -0.15) is 0 Å². The van der Waals surface area contributed by atoms with Crippen LogP contribution in [0, 0.1) is 6.92 Å². The molecule has 2 rings (SSSR count). The van der Waals surface area contributed by atoms with Crippen LogP contribution in [0.3, 0.4) is 0 Å². The van der Waals surface area contributed by atoms with E-state index in [2.05, 4.69) is 26.6 Å². The van der Waals surface area contributed by atoms with E-state index in [1.807, 2.05) is 25.1 Å². The maximum absolute atomic E-state index is 12.7. The molecule has 5 nitrogen and oxygen atoms in total. The first-order chi connectivity index (χ1) is 9.54. The highest BCUT2D eigenvalue weighted by Crippen LogP contribution is 2.21. The zero-order valence-electron chi connectivity index (χ0n) is 11.6. The Morgan fingerprint density at radius 3 is 2.90 bits per heavy atom. The molecule has 0 saturated carbocycles. The van der Waals surface area contributed by atoms with E-state index in [9.17, 15) is 9.59 Å². The number of nitrogens with zero attached hydrogens (tertiary/aromatic N) is 1. The Kier molecular flexibility index (Phi) is 4.77. The molecule has 1 saturated heterocycles. The van der Waals surface area contributed by atoms with E-state index >= 15 is 0 Å². The lowest BCUT2D eigenvalue weighted by Gasteiger charge is -2.35. The summed E-state index contributed by atoms with van der Waals surface area (Å²) in [5.74, 6) is -0.259. The fourth-order valence-corrected chi connectivity index (χ4v) is 2.72. The number of aryl methyl sites for hydroxylation is 1. The van der Waals surface area contributed by atoms with Crippen LogP contribution in [-0.4, -0.2) is 49.4 Å². The van der Waals surface area contributed by atoms with Crippen molar-refractivity contribution in [3.8, 4) is 0 Å². The standard InChI is InChI=1S/C14H18BrN3O2/c1-9-3-4-11(15)10(7-9)14(20)18-6-5-17-8-12(18)13(19)16-2/h3-4,7,12,17H,5-6,8H2,1-2H3,(H,16,19). The summed E-state index contributed by atoms with van der Waals surface area (Å²) in [4.78, 5) is 26.2. The van der Waals surface area contributed by atoms with Gasteiger partial charge in [0, 0.05) is 31.2 Å². The molecule has 2 N–H and O–H groups in total. The predicted molar refractivity (Wildman–Crippen MR) is 80.6 cm³/mol. The largest absolute Gasteiger partial charge is 0.357 e. The first-order valence-corrected chi connectivity index (χ1v) is 7.33. The normalized spacial score (nSPS) is 18.8. The zero-order valence-corrected chi connectivity index (χ0v) is 13.2. The molecule has 1 fully saturated rings. The van der Waals surface area contributed by atoms with Crippen molar-refractivity contribution >= 4 is 27.7 Å². The Bertz CT molecular complexity index is 533. The molecule has 2 amide bonds. The molecule has 0 aliphatic carbocycles. The van der Waals surface area contributed by atoms with Crippen LogP contribution >= 0.6 is 15.9 Å². The summed E-state index contributed by atoms with van der Waals surface area (Å²) >= 11 is 3.41. The number of carbonyl (C=O) groups excluding carboxylic acids is 2. The highest BCUT2D eigenvalue weighted by atomic mass is 79.9. The number of piperazine rings is 1. The maximum Gasteiger partial charge on any atom is 0.255 e. The summed E-state index contributed by atoms with van der Waals surface area (Å²) in [6.07, 6.45) is 0. The van der Waals surface area contributed by atoms with Crippen LogP contribution in [0.2, 0.25) is 0 Å². The number of carbonyl (C=O) groups is 2. The number of amides is 2. The number of halogens is 1. The highest BCUT2D eigenvalue weighted by molar-refractivity contribution is 9.10. The second-order valence-corrected chi connectivity index (χ2v) is 5.67.